The molecule has 3 aromatic heterocycles. The Labute approximate surface area is 191 Å². The molecule has 1 unspecified atom stereocenters. The van der Waals surface area contributed by atoms with Gasteiger partial charge in [0.25, 0.3) is 0 Å². The number of aromatic amines is 1. The van der Waals surface area contributed by atoms with Crippen molar-refractivity contribution in [2.45, 2.75) is 25.9 Å². The van der Waals surface area contributed by atoms with Crippen LogP contribution in [-0.2, 0) is 11.3 Å². The van der Waals surface area contributed by atoms with E-state index in [0.717, 1.165) is 33.4 Å². The van der Waals surface area contributed by atoms with Crippen LogP contribution in [0.25, 0.3) is 33.4 Å². The molecule has 0 aliphatic heterocycles. The summed E-state index contributed by atoms with van der Waals surface area (Å²) in [6.07, 6.45) is 7.61. The molecule has 0 aliphatic carbocycles. The number of aromatic nitrogens is 5. The van der Waals surface area contributed by atoms with Crippen LogP contribution in [0.2, 0.25) is 0 Å². The molecule has 7 nitrogen and oxygen atoms in total. The molecule has 5 rings (SSSR count). The number of H-pyrrole nitrogens is 1. The van der Waals surface area contributed by atoms with Crippen molar-refractivity contribution < 1.29 is 4.79 Å². The summed E-state index contributed by atoms with van der Waals surface area (Å²) in [4.78, 5) is 24.7. The zero-order valence-electron chi connectivity index (χ0n) is 18.3. The first-order valence-electron chi connectivity index (χ1n) is 11.0. The third-order valence-corrected chi connectivity index (χ3v) is 5.77. The van der Waals surface area contributed by atoms with Crippen LogP contribution in [0.3, 0.4) is 0 Å². The average Bonchev–Trinajstić information content (AvgIpc) is 3.54. The van der Waals surface area contributed by atoms with E-state index in [0.29, 0.717) is 13.0 Å². The molecule has 0 spiro atoms. The Balaban J connectivity index is 1.27. The maximum atomic E-state index is 13.0. The first-order valence-corrected chi connectivity index (χ1v) is 11.0. The van der Waals surface area contributed by atoms with E-state index in [1.54, 1.807) is 10.9 Å². The smallest absolute Gasteiger partial charge is 0.245 e. The van der Waals surface area contributed by atoms with Crippen molar-refractivity contribution in [1.82, 2.24) is 30.0 Å². The molecule has 0 bridgehead atoms. The van der Waals surface area contributed by atoms with Gasteiger partial charge in [0.2, 0.25) is 5.91 Å². The first kappa shape index (κ1) is 20.6. The second kappa shape index (κ2) is 9.08. The van der Waals surface area contributed by atoms with E-state index in [4.69, 9.17) is 0 Å². The van der Waals surface area contributed by atoms with Gasteiger partial charge in [-0.05, 0) is 29.2 Å². The van der Waals surface area contributed by atoms with E-state index in [9.17, 15) is 4.79 Å². The largest absolute Gasteiger partial charge is 0.350 e. The minimum absolute atomic E-state index is 0.0613. The van der Waals surface area contributed by atoms with Gasteiger partial charge in [-0.2, -0.15) is 5.10 Å². The molecule has 33 heavy (non-hydrogen) atoms. The first-order chi connectivity index (χ1) is 16.2. The Morgan fingerprint density at radius 1 is 1.00 bits per heavy atom. The number of carbonyl (C=O) groups excluding carboxylic acids is 1. The van der Waals surface area contributed by atoms with E-state index in [1.807, 2.05) is 55.7 Å². The van der Waals surface area contributed by atoms with Crippen LogP contribution in [0, 0.1) is 0 Å². The van der Waals surface area contributed by atoms with Gasteiger partial charge in [-0.15, -0.1) is 0 Å². The SMILES string of the molecule is CCC(C(=O)NCc1ccc(-c2ccccc2)cc1)n1cc(-c2ncnc3[nH]ccc23)cn1. The average molecular weight is 437 g/mol. The highest BCUT2D eigenvalue weighted by Gasteiger charge is 2.20. The fourth-order valence-corrected chi connectivity index (χ4v) is 3.98. The summed E-state index contributed by atoms with van der Waals surface area (Å²) < 4.78 is 1.71. The fourth-order valence-electron chi connectivity index (χ4n) is 3.98. The lowest BCUT2D eigenvalue weighted by Gasteiger charge is -2.15. The van der Waals surface area contributed by atoms with Gasteiger partial charge in [0, 0.05) is 29.9 Å². The molecule has 3 heterocycles. The van der Waals surface area contributed by atoms with Crippen molar-refractivity contribution in [1.29, 1.82) is 0 Å². The number of carbonyl (C=O) groups is 1. The summed E-state index contributed by atoms with van der Waals surface area (Å²) in [5, 5.41) is 8.44. The third kappa shape index (κ3) is 4.25. The van der Waals surface area contributed by atoms with Crippen molar-refractivity contribution >= 4 is 16.9 Å². The van der Waals surface area contributed by atoms with Crippen LogP contribution in [0.5, 0.6) is 0 Å². The Morgan fingerprint density at radius 3 is 2.58 bits per heavy atom. The zero-order chi connectivity index (χ0) is 22.6. The topological polar surface area (TPSA) is 88.5 Å². The number of rotatable bonds is 7. The molecule has 2 aromatic carbocycles. The van der Waals surface area contributed by atoms with Gasteiger partial charge in [-0.1, -0.05) is 61.5 Å². The summed E-state index contributed by atoms with van der Waals surface area (Å²) >= 11 is 0. The van der Waals surface area contributed by atoms with Crippen molar-refractivity contribution in [2.24, 2.45) is 0 Å². The Kier molecular flexibility index (Phi) is 5.68. The van der Waals surface area contributed by atoms with Gasteiger partial charge in [0.15, 0.2) is 0 Å². The minimum Gasteiger partial charge on any atom is -0.350 e. The number of amides is 1. The highest BCUT2D eigenvalue weighted by Crippen LogP contribution is 2.25. The molecule has 5 aromatic rings. The van der Waals surface area contributed by atoms with Gasteiger partial charge < -0.3 is 10.3 Å². The molecule has 7 heteroatoms. The monoisotopic (exact) mass is 436 g/mol. The van der Waals surface area contributed by atoms with E-state index in [-0.39, 0.29) is 5.91 Å². The Bertz CT molecular complexity index is 1370. The standard InChI is InChI=1S/C26H24N6O/c1-2-23(32-16-21(15-31-32)24-22-12-13-27-25(22)30-17-29-24)26(33)28-14-18-8-10-20(11-9-18)19-6-4-3-5-7-19/h3-13,15-17,23H,2,14H2,1H3,(H,28,33)(H,27,29,30). The summed E-state index contributed by atoms with van der Waals surface area (Å²) in [5.41, 5.74) is 5.80. The fraction of sp³-hybridized carbons (Fsp3) is 0.154. The number of hydrogen-bond acceptors (Lipinski definition) is 4. The Hall–Kier alpha value is -4.26. The molecule has 0 fully saturated rings. The van der Waals surface area contributed by atoms with Gasteiger partial charge in [-0.3, -0.25) is 9.48 Å². The summed E-state index contributed by atoms with van der Waals surface area (Å²) in [6, 6.07) is 20.0. The number of hydrogen-bond donors (Lipinski definition) is 2. The van der Waals surface area contributed by atoms with Crippen molar-refractivity contribution in [3.05, 3.63) is 91.1 Å². The number of nitrogens with one attached hydrogen (secondary N) is 2. The van der Waals surface area contributed by atoms with Crippen LogP contribution in [0.4, 0.5) is 0 Å². The summed E-state index contributed by atoms with van der Waals surface area (Å²) in [5.74, 6) is -0.0613. The third-order valence-electron chi connectivity index (χ3n) is 5.77. The molecule has 1 amide bonds. The zero-order valence-corrected chi connectivity index (χ0v) is 18.3. The van der Waals surface area contributed by atoms with E-state index in [1.165, 1.54) is 11.9 Å². The van der Waals surface area contributed by atoms with Gasteiger partial charge in [0.05, 0.1) is 11.9 Å². The van der Waals surface area contributed by atoms with Gasteiger partial charge >= 0.3 is 0 Å². The molecule has 0 saturated carbocycles. The van der Waals surface area contributed by atoms with Crippen LogP contribution in [0.1, 0.15) is 24.9 Å². The van der Waals surface area contributed by atoms with Crippen LogP contribution >= 0.6 is 0 Å². The molecule has 0 aliphatic rings. The highest BCUT2D eigenvalue weighted by atomic mass is 16.2. The lowest BCUT2D eigenvalue weighted by molar-refractivity contribution is -0.124. The molecular weight excluding hydrogens is 412 g/mol. The summed E-state index contributed by atoms with van der Waals surface area (Å²) in [7, 11) is 0. The Morgan fingerprint density at radius 2 is 1.79 bits per heavy atom. The maximum absolute atomic E-state index is 13.0. The van der Waals surface area contributed by atoms with E-state index >= 15 is 0 Å². The number of nitrogens with zero attached hydrogens (tertiary/aromatic N) is 4. The van der Waals surface area contributed by atoms with E-state index < -0.39 is 6.04 Å². The van der Waals surface area contributed by atoms with Crippen molar-refractivity contribution in [3.8, 4) is 22.4 Å². The highest BCUT2D eigenvalue weighted by molar-refractivity contribution is 5.90. The lowest BCUT2D eigenvalue weighted by atomic mass is 10.0. The summed E-state index contributed by atoms with van der Waals surface area (Å²) in [6.45, 7) is 2.45. The maximum Gasteiger partial charge on any atom is 0.245 e. The molecular formula is C26H24N6O. The van der Waals surface area contributed by atoms with Gasteiger partial charge in [0.1, 0.15) is 18.0 Å². The van der Waals surface area contributed by atoms with Crippen LogP contribution < -0.4 is 5.32 Å². The second-order valence-electron chi connectivity index (χ2n) is 7.88. The molecule has 2 N–H and O–H groups in total. The predicted molar refractivity (Wildman–Crippen MR) is 128 cm³/mol. The second-order valence-corrected chi connectivity index (χ2v) is 7.88. The number of benzene rings is 2. The number of fused-ring (bicyclic) bond motifs is 1. The predicted octanol–water partition coefficient (Wildman–Crippen LogP) is 4.76. The van der Waals surface area contributed by atoms with Gasteiger partial charge in [-0.25, -0.2) is 9.97 Å². The lowest BCUT2D eigenvalue weighted by Crippen LogP contribution is -2.32. The minimum atomic E-state index is -0.397. The normalized spacial score (nSPS) is 12.0. The van der Waals surface area contributed by atoms with Crippen LogP contribution in [-0.4, -0.2) is 30.6 Å². The van der Waals surface area contributed by atoms with Crippen molar-refractivity contribution in [3.63, 3.8) is 0 Å². The quantitative estimate of drug-likeness (QED) is 0.385. The van der Waals surface area contributed by atoms with E-state index in [2.05, 4.69) is 49.6 Å². The molecule has 0 radical (unpaired) electrons. The molecule has 0 saturated heterocycles. The molecule has 164 valence electrons. The molecule has 1 atom stereocenters. The van der Waals surface area contributed by atoms with Crippen LogP contribution in [0.15, 0.2) is 85.6 Å². The van der Waals surface area contributed by atoms with Crippen molar-refractivity contribution in [2.75, 3.05) is 0 Å².